The summed E-state index contributed by atoms with van der Waals surface area (Å²) in [5, 5.41) is 3.02. The van der Waals surface area contributed by atoms with Crippen LogP contribution in [0.1, 0.15) is 28.8 Å². The Bertz CT molecular complexity index is 1210. The van der Waals surface area contributed by atoms with Gasteiger partial charge in [0.05, 0.1) is 17.2 Å². The van der Waals surface area contributed by atoms with Crippen molar-refractivity contribution in [2.45, 2.75) is 19.8 Å². The molecule has 0 aliphatic carbocycles. The van der Waals surface area contributed by atoms with Crippen molar-refractivity contribution in [1.82, 2.24) is 10.3 Å². The van der Waals surface area contributed by atoms with Gasteiger partial charge in [-0.25, -0.2) is 12.8 Å². The zero-order valence-electron chi connectivity index (χ0n) is 17.6. The summed E-state index contributed by atoms with van der Waals surface area (Å²) in [5.74, 6) is -0.351. The van der Waals surface area contributed by atoms with Crippen LogP contribution in [0.25, 0.3) is 22.4 Å². The van der Waals surface area contributed by atoms with Crippen molar-refractivity contribution in [2.24, 2.45) is 5.73 Å². The van der Waals surface area contributed by atoms with E-state index in [-0.39, 0.29) is 29.4 Å². The molecular formula is C21H25FN4O4S. The Balaban J connectivity index is 2.21. The Morgan fingerprint density at radius 1 is 1.26 bits per heavy atom. The molecule has 0 aliphatic heterocycles. The number of fused-ring (bicyclic) bond motifs is 1. The molecule has 10 heteroatoms. The molecule has 166 valence electrons. The highest BCUT2D eigenvalue weighted by Crippen LogP contribution is 2.36. The van der Waals surface area contributed by atoms with Gasteiger partial charge < -0.3 is 15.5 Å². The van der Waals surface area contributed by atoms with Crippen LogP contribution in [-0.2, 0) is 10.0 Å². The standard InChI is InChI=1S/C21H25FN4O4S/c1-13-12-16-17(20(27)24-2)18(14-6-8-15(22)9-7-14)30-21(16)25-19(13)26(31(3,28)29)11-5-4-10-23/h6-9,12H,4-5,10-11,23H2,1-3H3,(H,24,27). The van der Waals surface area contributed by atoms with Crippen LogP contribution in [0.2, 0.25) is 0 Å². The molecule has 1 aromatic carbocycles. The Morgan fingerprint density at radius 2 is 1.94 bits per heavy atom. The van der Waals surface area contributed by atoms with Gasteiger partial charge in [0.1, 0.15) is 17.4 Å². The molecule has 0 aliphatic rings. The Labute approximate surface area is 180 Å². The van der Waals surface area contributed by atoms with Crippen molar-refractivity contribution in [2.75, 3.05) is 30.7 Å². The Morgan fingerprint density at radius 3 is 2.52 bits per heavy atom. The van der Waals surface area contributed by atoms with E-state index in [2.05, 4.69) is 10.3 Å². The maximum atomic E-state index is 13.4. The first-order chi connectivity index (χ1) is 14.7. The number of amides is 1. The van der Waals surface area contributed by atoms with Gasteiger partial charge in [-0.15, -0.1) is 0 Å². The molecule has 0 atom stereocenters. The van der Waals surface area contributed by atoms with Crippen molar-refractivity contribution in [1.29, 1.82) is 0 Å². The number of aryl methyl sites for hydroxylation is 1. The molecule has 3 rings (SSSR count). The Kier molecular flexibility index (Phi) is 6.61. The number of nitrogens with zero attached hydrogens (tertiary/aromatic N) is 2. The predicted molar refractivity (Wildman–Crippen MR) is 118 cm³/mol. The van der Waals surface area contributed by atoms with Crippen LogP contribution in [0.15, 0.2) is 34.7 Å². The zero-order chi connectivity index (χ0) is 22.8. The van der Waals surface area contributed by atoms with Gasteiger partial charge in [0.25, 0.3) is 5.91 Å². The molecule has 8 nitrogen and oxygen atoms in total. The second-order valence-electron chi connectivity index (χ2n) is 7.20. The van der Waals surface area contributed by atoms with Gasteiger partial charge in [0, 0.05) is 19.2 Å². The molecular weight excluding hydrogens is 423 g/mol. The van der Waals surface area contributed by atoms with Gasteiger partial charge in [-0.1, -0.05) is 0 Å². The molecule has 2 heterocycles. The summed E-state index contributed by atoms with van der Waals surface area (Å²) in [6.45, 7) is 2.40. The van der Waals surface area contributed by atoms with Gasteiger partial charge in [0.2, 0.25) is 15.7 Å². The highest BCUT2D eigenvalue weighted by molar-refractivity contribution is 7.92. The number of unbranched alkanes of at least 4 members (excludes halogenated alkanes) is 1. The third-order valence-electron chi connectivity index (χ3n) is 4.86. The first-order valence-corrected chi connectivity index (χ1v) is 11.6. The summed E-state index contributed by atoms with van der Waals surface area (Å²) >= 11 is 0. The minimum Gasteiger partial charge on any atom is -0.437 e. The van der Waals surface area contributed by atoms with E-state index in [0.29, 0.717) is 35.9 Å². The number of furan rings is 1. The van der Waals surface area contributed by atoms with Gasteiger partial charge >= 0.3 is 0 Å². The second-order valence-corrected chi connectivity index (χ2v) is 9.11. The minimum atomic E-state index is -3.60. The number of hydrogen-bond donors (Lipinski definition) is 2. The number of anilines is 1. The van der Waals surface area contributed by atoms with Gasteiger partial charge in [0.15, 0.2) is 0 Å². The van der Waals surface area contributed by atoms with Crippen LogP contribution in [0.4, 0.5) is 10.2 Å². The van der Waals surface area contributed by atoms with Crippen LogP contribution >= 0.6 is 0 Å². The third-order valence-corrected chi connectivity index (χ3v) is 6.02. The lowest BCUT2D eigenvalue weighted by Crippen LogP contribution is -2.32. The summed E-state index contributed by atoms with van der Waals surface area (Å²) in [6, 6.07) is 7.22. The van der Waals surface area contributed by atoms with E-state index in [1.165, 1.54) is 35.6 Å². The minimum absolute atomic E-state index is 0.117. The fourth-order valence-electron chi connectivity index (χ4n) is 3.35. The number of carbonyl (C=O) groups is 1. The molecule has 31 heavy (non-hydrogen) atoms. The summed E-state index contributed by atoms with van der Waals surface area (Å²) < 4.78 is 45.3. The normalized spacial score (nSPS) is 11.6. The number of carbonyl (C=O) groups excluding carboxylic acids is 1. The van der Waals surface area contributed by atoms with Gasteiger partial charge in [-0.2, -0.15) is 4.98 Å². The SMILES string of the molecule is CNC(=O)c1c(-c2ccc(F)cc2)oc2nc(N(CCCCN)S(C)(=O)=O)c(C)cc12. The Hall–Kier alpha value is -2.98. The van der Waals surface area contributed by atoms with Gasteiger partial charge in [-0.3, -0.25) is 9.10 Å². The molecule has 0 saturated heterocycles. The van der Waals surface area contributed by atoms with E-state index in [9.17, 15) is 17.6 Å². The largest absolute Gasteiger partial charge is 0.437 e. The quantitative estimate of drug-likeness (QED) is 0.512. The molecule has 0 saturated carbocycles. The number of aromatic nitrogens is 1. The van der Waals surface area contributed by atoms with Crippen LogP contribution in [-0.4, -0.2) is 45.7 Å². The van der Waals surface area contributed by atoms with Crippen molar-refractivity contribution >= 4 is 32.8 Å². The van der Waals surface area contributed by atoms with E-state index < -0.39 is 21.7 Å². The molecule has 3 N–H and O–H groups in total. The molecule has 0 spiro atoms. The second kappa shape index (κ2) is 9.03. The van der Waals surface area contributed by atoms with Crippen molar-refractivity contribution in [3.05, 3.63) is 47.3 Å². The molecule has 3 aromatic rings. The molecule has 0 fully saturated rings. The number of rotatable bonds is 8. The number of hydrogen-bond acceptors (Lipinski definition) is 6. The highest BCUT2D eigenvalue weighted by Gasteiger charge is 2.26. The molecule has 0 unspecified atom stereocenters. The number of nitrogens with one attached hydrogen (secondary N) is 1. The summed E-state index contributed by atoms with van der Waals surface area (Å²) in [6.07, 6.45) is 2.36. The zero-order valence-corrected chi connectivity index (χ0v) is 18.4. The maximum absolute atomic E-state index is 13.4. The van der Waals surface area contributed by atoms with Crippen LogP contribution in [0.3, 0.4) is 0 Å². The predicted octanol–water partition coefficient (Wildman–Crippen LogP) is 2.81. The van der Waals surface area contributed by atoms with Gasteiger partial charge in [-0.05, 0) is 62.2 Å². The first kappa shape index (κ1) is 22.7. The van der Waals surface area contributed by atoms with E-state index in [0.717, 1.165) is 6.26 Å². The summed E-state index contributed by atoms with van der Waals surface area (Å²) in [7, 11) is -2.11. The van der Waals surface area contributed by atoms with E-state index in [1.54, 1.807) is 13.0 Å². The molecule has 1 amide bonds. The van der Waals surface area contributed by atoms with Crippen LogP contribution < -0.4 is 15.4 Å². The van der Waals surface area contributed by atoms with Crippen molar-refractivity contribution in [3.63, 3.8) is 0 Å². The average Bonchev–Trinajstić information content (AvgIpc) is 3.08. The molecule has 2 aromatic heterocycles. The molecule has 0 radical (unpaired) electrons. The summed E-state index contributed by atoms with van der Waals surface area (Å²) in [4.78, 5) is 17.1. The van der Waals surface area contributed by atoms with Crippen molar-refractivity contribution < 1.29 is 22.0 Å². The lowest BCUT2D eigenvalue weighted by atomic mass is 10.0. The fourth-order valence-corrected chi connectivity index (χ4v) is 4.31. The number of benzene rings is 1. The summed E-state index contributed by atoms with van der Waals surface area (Å²) in [5.41, 5.74) is 6.97. The van der Waals surface area contributed by atoms with E-state index in [4.69, 9.17) is 10.2 Å². The number of sulfonamides is 1. The lowest BCUT2D eigenvalue weighted by Gasteiger charge is -2.22. The topological polar surface area (TPSA) is 119 Å². The number of halogens is 1. The number of nitrogens with two attached hydrogens (primary N) is 1. The molecule has 0 bridgehead atoms. The highest BCUT2D eigenvalue weighted by atomic mass is 32.2. The fraction of sp³-hybridized carbons (Fsp3) is 0.333. The van der Waals surface area contributed by atoms with Crippen LogP contribution in [0, 0.1) is 12.7 Å². The third kappa shape index (κ3) is 4.70. The van der Waals surface area contributed by atoms with E-state index >= 15 is 0 Å². The average molecular weight is 449 g/mol. The maximum Gasteiger partial charge on any atom is 0.255 e. The number of pyridine rings is 1. The first-order valence-electron chi connectivity index (χ1n) is 9.77. The van der Waals surface area contributed by atoms with E-state index in [1.807, 2.05) is 0 Å². The van der Waals surface area contributed by atoms with Crippen LogP contribution in [0.5, 0.6) is 0 Å². The van der Waals surface area contributed by atoms with Crippen molar-refractivity contribution in [3.8, 4) is 11.3 Å². The smallest absolute Gasteiger partial charge is 0.255 e. The lowest BCUT2D eigenvalue weighted by molar-refractivity contribution is 0.0964. The monoisotopic (exact) mass is 448 g/mol.